The summed E-state index contributed by atoms with van der Waals surface area (Å²) >= 11 is 17.2. The molecule has 18 heavy (non-hydrogen) atoms. The fourth-order valence-electron chi connectivity index (χ4n) is 0.981. The molecule has 0 N–H and O–H groups in total. The highest BCUT2D eigenvalue weighted by molar-refractivity contribution is 6.66. The molecule has 0 radical (unpaired) electrons. The average molecular weight is 315 g/mol. The molecule has 1 rings (SSSR count). The van der Waals surface area contributed by atoms with Crippen LogP contribution in [0.4, 0.5) is 0 Å². The molecule has 0 fully saturated rings. The number of ether oxygens (including phenoxy) is 2. The minimum Gasteiger partial charge on any atom is -0.463 e. The number of hydrogen-bond acceptors (Lipinski definition) is 5. The molecular weight excluding hydrogens is 300 g/mol. The van der Waals surface area contributed by atoms with Crippen LogP contribution in [0.2, 0.25) is 0 Å². The smallest absolute Gasteiger partial charge is 0.323 e. The van der Waals surface area contributed by atoms with Crippen LogP contribution in [0.3, 0.4) is 0 Å². The third-order valence-corrected chi connectivity index (χ3v) is 2.23. The third kappa shape index (κ3) is 5.00. The summed E-state index contributed by atoms with van der Waals surface area (Å²) in [7, 11) is 0. The van der Waals surface area contributed by atoms with Gasteiger partial charge >= 0.3 is 12.0 Å². The Labute approximate surface area is 121 Å². The van der Waals surface area contributed by atoms with Crippen LogP contribution in [0, 0.1) is 0 Å². The zero-order chi connectivity index (χ0) is 13.6. The lowest BCUT2D eigenvalue weighted by molar-refractivity contribution is 0.259. The van der Waals surface area contributed by atoms with Crippen molar-refractivity contribution in [2.45, 2.75) is 30.5 Å². The molecule has 0 unspecified atom stereocenters. The van der Waals surface area contributed by atoms with Crippen LogP contribution in [0.5, 0.6) is 12.0 Å². The second-order valence-corrected chi connectivity index (χ2v) is 5.70. The summed E-state index contributed by atoms with van der Waals surface area (Å²) in [6, 6.07) is 0.193. The Kier molecular flexibility index (Phi) is 6.18. The second kappa shape index (κ2) is 7.16. The molecule has 1 aromatic heterocycles. The fraction of sp³-hybridized carbons (Fsp3) is 0.700. The van der Waals surface area contributed by atoms with E-state index in [4.69, 9.17) is 44.3 Å². The van der Waals surface area contributed by atoms with E-state index in [9.17, 15) is 0 Å². The summed E-state index contributed by atoms with van der Waals surface area (Å²) < 4.78 is 8.85. The lowest BCUT2D eigenvalue weighted by Crippen LogP contribution is -2.13. The Morgan fingerprint density at radius 3 is 1.67 bits per heavy atom. The van der Waals surface area contributed by atoms with Gasteiger partial charge in [0.15, 0.2) is 5.82 Å². The van der Waals surface area contributed by atoms with E-state index in [2.05, 4.69) is 15.0 Å². The molecule has 0 aromatic carbocycles. The predicted octanol–water partition coefficient (Wildman–Crippen LogP) is 3.28. The molecule has 0 amide bonds. The normalized spacial score (nSPS) is 11.4. The molecule has 0 saturated heterocycles. The van der Waals surface area contributed by atoms with Gasteiger partial charge in [0.2, 0.25) is 3.79 Å². The summed E-state index contributed by atoms with van der Waals surface area (Å²) in [5.41, 5.74) is 0. The van der Waals surface area contributed by atoms with Crippen LogP contribution >= 0.6 is 34.8 Å². The summed E-state index contributed by atoms with van der Waals surface area (Å²) in [6.45, 7) is 4.87. The van der Waals surface area contributed by atoms with Gasteiger partial charge in [0.05, 0.1) is 13.2 Å². The van der Waals surface area contributed by atoms with Gasteiger partial charge in [-0.3, -0.25) is 0 Å². The lowest BCUT2D eigenvalue weighted by atomic mass is 10.5. The van der Waals surface area contributed by atoms with Gasteiger partial charge in [-0.1, -0.05) is 48.7 Å². The van der Waals surface area contributed by atoms with Crippen molar-refractivity contribution in [3.63, 3.8) is 0 Å². The first-order valence-corrected chi connectivity index (χ1v) is 6.69. The van der Waals surface area contributed by atoms with E-state index in [-0.39, 0.29) is 17.8 Å². The van der Waals surface area contributed by atoms with E-state index in [1.165, 1.54) is 0 Å². The molecule has 1 aromatic rings. The average Bonchev–Trinajstić information content (AvgIpc) is 2.32. The zero-order valence-corrected chi connectivity index (χ0v) is 12.4. The Bertz CT molecular complexity index is 359. The molecule has 0 aliphatic heterocycles. The number of rotatable bonds is 6. The monoisotopic (exact) mass is 313 g/mol. The van der Waals surface area contributed by atoms with E-state index in [0.717, 1.165) is 12.8 Å². The van der Waals surface area contributed by atoms with Crippen molar-refractivity contribution in [2.75, 3.05) is 13.2 Å². The number of nitrogens with zero attached hydrogens (tertiary/aromatic N) is 3. The third-order valence-electron chi connectivity index (χ3n) is 1.72. The highest BCUT2D eigenvalue weighted by atomic mass is 35.6. The largest absolute Gasteiger partial charge is 0.463 e. The first-order chi connectivity index (χ1) is 8.47. The van der Waals surface area contributed by atoms with Gasteiger partial charge in [-0.15, -0.1) is 4.98 Å². The molecule has 0 aliphatic carbocycles. The van der Waals surface area contributed by atoms with Crippen LogP contribution < -0.4 is 9.47 Å². The fourth-order valence-corrected chi connectivity index (χ4v) is 1.23. The van der Waals surface area contributed by atoms with Crippen LogP contribution in [0.15, 0.2) is 0 Å². The van der Waals surface area contributed by atoms with Gasteiger partial charge in [0.25, 0.3) is 0 Å². The summed E-state index contributed by atoms with van der Waals surface area (Å²) in [5, 5.41) is 0. The lowest BCUT2D eigenvalue weighted by Gasteiger charge is -2.12. The van der Waals surface area contributed by atoms with Crippen molar-refractivity contribution >= 4 is 34.8 Å². The van der Waals surface area contributed by atoms with E-state index >= 15 is 0 Å². The minimum absolute atomic E-state index is 0.0142. The van der Waals surface area contributed by atoms with Crippen molar-refractivity contribution < 1.29 is 9.47 Å². The Morgan fingerprint density at radius 1 is 0.889 bits per heavy atom. The first-order valence-electron chi connectivity index (χ1n) is 5.56. The number of halogens is 3. The molecule has 0 saturated carbocycles. The van der Waals surface area contributed by atoms with Crippen molar-refractivity contribution in [3.05, 3.63) is 5.82 Å². The van der Waals surface area contributed by atoms with Crippen LogP contribution in [-0.4, -0.2) is 28.2 Å². The molecule has 0 atom stereocenters. The summed E-state index contributed by atoms with van der Waals surface area (Å²) in [6.07, 6.45) is 1.64. The van der Waals surface area contributed by atoms with Crippen molar-refractivity contribution in [1.82, 2.24) is 15.0 Å². The van der Waals surface area contributed by atoms with Gasteiger partial charge < -0.3 is 9.47 Å². The second-order valence-electron chi connectivity index (χ2n) is 3.42. The highest BCUT2D eigenvalue weighted by Gasteiger charge is 2.29. The van der Waals surface area contributed by atoms with Gasteiger partial charge in [-0.05, 0) is 12.8 Å². The first kappa shape index (κ1) is 15.5. The Morgan fingerprint density at radius 2 is 1.33 bits per heavy atom. The topological polar surface area (TPSA) is 57.1 Å². The molecule has 102 valence electrons. The molecule has 8 heteroatoms. The molecule has 0 spiro atoms. The molecular formula is C10H14Cl3N3O2. The van der Waals surface area contributed by atoms with Crippen LogP contribution in [0.1, 0.15) is 32.5 Å². The van der Waals surface area contributed by atoms with Gasteiger partial charge in [0, 0.05) is 0 Å². The summed E-state index contributed by atoms with van der Waals surface area (Å²) in [5.74, 6) is -0.0142. The highest BCUT2D eigenvalue weighted by Crippen LogP contribution is 2.36. The number of hydrogen-bond donors (Lipinski definition) is 0. The maximum Gasteiger partial charge on any atom is 0.323 e. The van der Waals surface area contributed by atoms with Gasteiger partial charge in [-0.2, -0.15) is 9.97 Å². The SMILES string of the molecule is CCCOc1nc(OCCC)nc(C(Cl)(Cl)Cl)n1. The van der Waals surface area contributed by atoms with E-state index < -0.39 is 3.79 Å². The van der Waals surface area contributed by atoms with Crippen molar-refractivity contribution in [1.29, 1.82) is 0 Å². The predicted molar refractivity (Wildman–Crippen MR) is 70.6 cm³/mol. The maximum absolute atomic E-state index is 5.74. The Balaban J connectivity index is 2.96. The zero-order valence-electron chi connectivity index (χ0n) is 10.1. The maximum atomic E-state index is 5.74. The van der Waals surface area contributed by atoms with Crippen LogP contribution in [0.25, 0.3) is 0 Å². The summed E-state index contributed by atoms with van der Waals surface area (Å²) in [4.78, 5) is 11.8. The Hall–Kier alpha value is -0.520. The standard InChI is InChI=1S/C10H14Cl3N3O2/c1-3-5-17-8-14-7(10(11,12)13)15-9(16-8)18-6-4-2/h3-6H2,1-2H3. The number of alkyl halides is 3. The van der Waals surface area contributed by atoms with E-state index in [1.807, 2.05) is 13.8 Å². The minimum atomic E-state index is -1.74. The molecule has 1 heterocycles. The molecule has 5 nitrogen and oxygen atoms in total. The van der Waals surface area contributed by atoms with Gasteiger partial charge in [0.1, 0.15) is 0 Å². The number of aromatic nitrogens is 3. The van der Waals surface area contributed by atoms with E-state index in [0.29, 0.717) is 13.2 Å². The molecule has 0 aliphatic rings. The molecule has 0 bridgehead atoms. The van der Waals surface area contributed by atoms with Crippen molar-refractivity contribution in [3.8, 4) is 12.0 Å². The van der Waals surface area contributed by atoms with Crippen molar-refractivity contribution in [2.24, 2.45) is 0 Å². The van der Waals surface area contributed by atoms with Gasteiger partial charge in [-0.25, -0.2) is 0 Å². The van der Waals surface area contributed by atoms with Crippen LogP contribution in [-0.2, 0) is 3.79 Å². The van der Waals surface area contributed by atoms with E-state index in [1.54, 1.807) is 0 Å². The quantitative estimate of drug-likeness (QED) is 0.754.